The first kappa shape index (κ1) is 48.4. The molecule has 0 aliphatic carbocycles. The minimum Gasteiger partial charge on any atom is -0.457 e. The van der Waals surface area contributed by atoms with Crippen molar-refractivity contribution in [2.24, 2.45) is 0 Å². The Kier molecular flexibility index (Phi) is 34.0. The maximum absolute atomic E-state index is 12.3. The van der Waals surface area contributed by atoms with Gasteiger partial charge in [0.1, 0.15) is 12.2 Å². The van der Waals surface area contributed by atoms with Gasteiger partial charge in [-0.2, -0.15) is 0 Å². The van der Waals surface area contributed by atoms with E-state index >= 15 is 0 Å². The number of phosphoric acid groups is 1. The minimum absolute atomic E-state index is 0.152. The zero-order chi connectivity index (χ0) is 37.7. The number of unbranched alkanes of at least 4 members (excludes halogenated alkanes) is 8. The highest BCUT2D eigenvalue weighted by atomic mass is 31.2. The van der Waals surface area contributed by atoms with Gasteiger partial charge in [-0.15, -0.1) is 0 Å². The van der Waals surface area contributed by atoms with E-state index in [1.54, 1.807) is 0 Å². The molecule has 3 atom stereocenters. The van der Waals surface area contributed by atoms with Crippen molar-refractivity contribution in [2.75, 3.05) is 26.4 Å². The van der Waals surface area contributed by atoms with Gasteiger partial charge in [0.05, 0.1) is 26.4 Å². The molecular formula is C40H67O10P. The second-order valence-corrected chi connectivity index (χ2v) is 13.6. The Balaban J connectivity index is 4.06. The highest BCUT2D eigenvalue weighted by Crippen LogP contribution is 2.43. The molecule has 0 radical (unpaired) electrons. The summed E-state index contributed by atoms with van der Waals surface area (Å²) in [6.07, 6.45) is 38.8. The first-order valence-electron chi connectivity index (χ1n) is 18.9. The molecule has 0 aromatic heterocycles. The van der Waals surface area contributed by atoms with E-state index in [1.165, 1.54) is 0 Å². The fourth-order valence-corrected chi connectivity index (χ4v) is 5.34. The first-order chi connectivity index (χ1) is 24.8. The third-order valence-electron chi connectivity index (χ3n) is 7.41. The van der Waals surface area contributed by atoms with Crippen LogP contribution in [0.15, 0.2) is 72.9 Å². The van der Waals surface area contributed by atoms with Crippen LogP contribution >= 0.6 is 7.82 Å². The van der Waals surface area contributed by atoms with Crippen molar-refractivity contribution < 1.29 is 47.8 Å². The molecule has 11 heteroatoms. The molecule has 10 nitrogen and oxygen atoms in total. The molecule has 0 bridgehead atoms. The summed E-state index contributed by atoms with van der Waals surface area (Å²) in [6.45, 7) is 1.89. The highest BCUT2D eigenvalue weighted by molar-refractivity contribution is 7.47. The van der Waals surface area contributed by atoms with Crippen LogP contribution in [0.25, 0.3) is 0 Å². The Bertz CT molecular complexity index is 1080. The van der Waals surface area contributed by atoms with E-state index in [0.29, 0.717) is 12.8 Å². The number of phosphoric ester groups is 1. The second kappa shape index (κ2) is 35.8. The summed E-state index contributed by atoms with van der Waals surface area (Å²) in [5, 5.41) is 19.1. The smallest absolute Gasteiger partial charge is 0.457 e. The van der Waals surface area contributed by atoms with Crippen molar-refractivity contribution in [1.29, 1.82) is 0 Å². The zero-order valence-electron chi connectivity index (χ0n) is 31.3. The number of aliphatic hydroxyl groups is 2. The van der Waals surface area contributed by atoms with E-state index in [9.17, 15) is 29.3 Å². The molecule has 0 aliphatic heterocycles. The van der Waals surface area contributed by atoms with E-state index in [4.69, 9.17) is 18.5 Å². The van der Waals surface area contributed by atoms with Gasteiger partial charge in [-0.25, -0.2) is 4.57 Å². The van der Waals surface area contributed by atoms with E-state index in [1.807, 2.05) is 0 Å². The predicted molar refractivity (Wildman–Crippen MR) is 205 cm³/mol. The van der Waals surface area contributed by atoms with Gasteiger partial charge in [0.25, 0.3) is 0 Å². The van der Waals surface area contributed by atoms with Crippen LogP contribution < -0.4 is 0 Å². The molecule has 0 saturated carbocycles. The molecule has 0 rings (SSSR count). The van der Waals surface area contributed by atoms with E-state index in [-0.39, 0.29) is 12.8 Å². The van der Waals surface area contributed by atoms with E-state index in [0.717, 1.165) is 89.9 Å². The average molecular weight is 739 g/mol. The van der Waals surface area contributed by atoms with Crippen LogP contribution in [0.2, 0.25) is 0 Å². The molecule has 0 saturated heterocycles. The summed E-state index contributed by atoms with van der Waals surface area (Å²) in [6, 6.07) is 0. The highest BCUT2D eigenvalue weighted by Gasteiger charge is 2.27. The maximum Gasteiger partial charge on any atom is 0.472 e. The van der Waals surface area contributed by atoms with Crippen LogP contribution in [0.4, 0.5) is 0 Å². The van der Waals surface area contributed by atoms with Gasteiger partial charge >= 0.3 is 19.8 Å². The lowest BCUT2D eigenvalue weighted by Gasteiger charge is -2.20. The minimum atomic E-state index is -4.65. The van der Waals surface area contributed by atoms with Gasteiger partial charge in [-0.1, -0.05) is 112 Å². The van der Waals surface area contributed by atoms with Gasteiger partial charge in [-0.3, -0.25) is 18.6 Å². The molecule has 0 heterocycles. The van der Waals surface area contributed by atoms with Gasteiger partial charge in [-0.05, 0) is 77.0 Å². The summed E-state index contributed by atoms with van der Waals surface area (Å²) in [5.74, 6) is -1.07. The molecule has 0 amide bonds. The Hall–Kier alpha value is -2.59. The Morgan fingerprint density at radius 1 is 0.529 bits per heavy atom. The van der Waals surface area contributed by atoms with Crippen molar-refractivity contribution in [3.05, 3.63) is 72.9 Å². The van der Waals surface area contributed by atoms with Crippen molar-refractivity contribution in [3.8, 4) is 0 Å². The number of ether oxygens (including phenoxy) is 2. The number of rotatable bonds is 34. The van der Waals surface area contributed by atoms with Crippen molar-refractivity contribution in [2.45, 2.75) is 142 Å². The summed E-state index contributed by atoms with van der Waals surface area (Å²) in [4.78, 5) is 34.3. The molecule has 0 spiro atoms. The van der Waals surface area contributed by atoms with Gasteiger partial charge in [0, 0.05) is 12.8 Å². The summed E-state index contributed by atoms with van der Waals surface area (Å²) >= 11 is 0. The lowest BCUT2D eigenvalue weighted by Crippen LogP contribution is -2.28. The normalized spacial score (nSPS) is 14.8. The van der Waals surface area contributed by atoms with E-state index in [2.05, 4.69) is 86.8 Å². The third-order valence-corrected chi connectivity index (χ3v) is 8.36. The van der Waals surface area contributed by atoms with Gasteiger partial charge in [0.15, 0.2) is 0 Å². The number of hydrogen-bond acceptors (Lipinski definition) is 9. The Morgan fingerprint density at radius 2 is 0.863 bits per heavy atom. The van der Waals surface area contributed by atoms with Crippen LogP contribution in [0.5, 0.6) is 0 Å². The third kappa shape index (κ3) is 34.3. The maximum atomic E-state index is 12.3. The Morgan fingerprint density at radius 3 is 1.25 bits per heavy atom. The molecule has 3 N–H and O–H groups in total. The Labute approximate surface area is 308 Å². The SMILES string of the molecule is CC/C=C\C/C=C\C/C=C\CCCCCCCC(=O)OC(CO)COP(=O)(O)OCC(CO)OC(=O)CCCCC/C=C\C/C=C\C/C=C\CC. The fraction of sp³-hybridized carbons (Fsp3) is 0.650. The summed E-state index contributed by atoms with van der Waals surface area (Å²) < 4.78 is 32.4. The molecule has 51 heavy (non-hydrogen) atoms. The number of carbonyl (C=O) groups is 2. The summed E-state index contributed by atoms with van der Waals surface area (Å²) in [7, 11) is -4.65. The molecule has 0 aromatic carbocycles. The number of carbonyl (C=O) groups excluding carboxylic acids is 2. The lowest BCUT2D eigenvalue weighted by molar-refractivity contribution is -0.153. The molecular weight excluding hydrogens is 671 g/mol. The van der Waals surface area contributed by atoms with Crippen molar-refractivity contribution in [1.82, 2.24) is 0 Å². The van der Waals surface area contributed by atoms with Gasteiger partial charge in [0.2, 0.25) is 0 Å². The van der Waals surface area contributed by atoms with Crippen LogP contribution in [0, 0.1) is 0 Å². The monoisotopic (exact) mass is 738 g/mol. The molecule has 0 fully saturated rings. The molecule has 0 aromatic rings. The molecule has 0 aliphatic rings. The fourth-order valence-electron chi connectivity index (χ4n) is 4.55. The predicted octanol–water partition coefficient (Wildman–Crippen LogP) is 9.33. The lowest BCUT2D eigenvalue weighted by atomic mass is 10.1. The van der Waals surface area contributed by atoms with E-state index < -0.39 is 58.4 Å². The largest absolute Gasteiger partial charge is 0.472 e. The number of esters is 2. The van der Waals surface area contributed by atoms with Crippen molar-refractivity contribution >= 4 is 19.8 Å². The number of allylic oxidation sites excluding steroid dienone is 12. The molecule has 292 valence electrons. The first-order valence-corrected chi connectivity index (χ1v) is 20.4. The quantitative estimate of drug-likeness (QED) is 0.0252. The van der Waals surface area contributed by atoms with Crippen LogP contribution in [0.3, 0.4) is 0 Å². The number of aliphatic hydroxyl groups excluding tert-OH is 2. The second-order valence-electron chi connectivity index (χ2n) is 12.1. The zero-order valence-corrected chi connectivity index (χ0v) is 32.2. The topological polar surface area (TPSA) is 149 Å². The van der Waals surface area contributed by atoms with Crippen LogP contribution in [-0.2, 0) is 32.7 Å². The molecule has 3 unspecified atom stereocenters. The van der Waals surface area contributed by atoms with Crippen molar-refractivity contribution in [3.63, 3.8) is 0 Å². The van der Waals surface area contributed by atoms with Gasteiger partial charge < -0.3 is 24.6 Å². The standard InChI is InChI=1S/C40H67O10P/c1-3-5-7-9-11-13-15-17-18-20-22-24-26-28-30-32-40(44)50-38(34-42)36-48-51(45,46)47-35-37(33-41)49-39(43)31-29-27-25-23-21-19-16-14-12-10-8-6-4-2/h5-8,11-14,17-19,21,37-38,41-42H,3-4,9-10,15-16,20,22-36H2,1-2H3,(H,45,46)/b7-5-,8-6-,13-11-,14-12-,18-17-,21-19-. The number of hydrogen-bond donors (Lipinski definition) is 3. The average Bonchev–Trinajstić information content (AvgIpc) is 3.12. The van der Waals surface area contributed by atoms with Crippen LogP contribution in [-0.4, -0.2) is 65.7 Å². The van der Waals surface area contributed by atoms with Crippen LogP contribution in [0.1, 0.15) is 129 Å². The summed E-state index contributed by atoms with van der Waals surface area (Å²) in [5.41, 5.74) is 0.